The van der Waals surface area contributed by atoms with Crippen molar-refractivity contribution in [1.29, 1.82) is 0 Å². The van der Waals surface area contributed by atoms with Crippen LogP contribution >= 0.6 is 0 Å². The summed E-state index contributed by atoms with van der Waals surface area (Å²) in [5, 5.41) is 3.18. The maximum absolute atomic E-state index is 13.4. The number of nitrogens with one attached hydrogen (secondary N) is 2. The number of H-pyrrole nitrogens is 1. The van der Waals surface area contributed by atoms with Crippen molar-refractivity contribution in [2.75, 3.05) is 19.0 Å². The Hall–Kier alpha value is -3.58. The minimum atomic E-state index is -0.226. The number of benzene rings is 2. The quantitative estimate of drug-likeness (QED) is 0.434. The molecule has 0 saturated carbocycles. The number of para-hydroxylation sites is 3. The molecule has 1 fully saturated rings. The molecule has 1 amide bonds. The maximum atomic E-state index is 13.4. The van der Waals surface area contributed by atoms with Crippen LogP contribution in [-0.4, -0.2) is 40.3 Å². The first-order chi connectivity index (χ1) is 16.1. The minimum absolute atomic E-state index is 0.126. The third-order valence-corrected chi connectivity index (χ3v) is 6.45. The van der Waals surface area contributed by atoms with E-state index in [-0.39, 0.29) is 12.0 Å². The molecule has 3 heterocycles. The molecule has 2 N–H and O–H groups in total. The van der Waals surface area contributed by atoms with E-state index >= 15 is 0 Å². The van der Waals surface area contributed by atoms with Crippen LogP contribution in [0.25, 0.3) is 22.4 Å². The molecule has 0 aliphatic carbocycles. The second-order valence-corrected chi connectivity index (χ2v) is 8.44. The Bertz CT molecular complexity index is 1280. The van der Waals surface area contributed by atoms with Crippen LogP contribution in [0.2, 0.25) is 0 Å². The third kappa shape index (κ3) is 3.89. The average Bonchev–Trinajstić information content (AvgIpc) is 3.55. The van der Waals surface area contributed by atoms with Crippen molar-refractivity contribution >= 4 is 22.8 Å². The summed E-state index contributed by atoms with van der Waals surface area (Å²) < 4.78 is 13.5. The molecule has 0 unspecified atom stereocenters. The summed E-state index contributed by atoms with van der Waals surface area (Å²) in [6.45, 7) is 5.61. The lowest BCUT2D eigenvalue weighted by atomic mass is 10.1. The highest BCUT2D eigenvalue weighted by molar-refractivity contribution is 6.07. The zero-order valence-electron chi connectivity index (χ0n) is 19.1. The Morgan fingerprint density at radius 2 is 2.00 bits per heavy atom. The number of rotatable bonds is 6. The van der Waals surface area contributed by atoms with E-state index in [1.807, 2.05) is 36.4 Å². The zero-order valence-corrected chi connectivity index (χ0v) is 19.1. The molecule has 0 bridgehead atoms. The van der Waals surface area contributed by atoms with Gasteiger partial charge in [0.05, 0.1) is 41.9 Å². The molecular formula is C26H28N4O3. The predicted octanol–water partition coefficient (Wildman–Crippen LogP) is 5.09. The fraction of sp³-hybridized carbons (Fsp3) is 0.308. The van der Waals surface area contributed by atoms with E-state index < -0.39 is 0 Å². The summed E-state index contributed by atoms with van der Waals surface area (Å²) in [4.78, 5) is 21.7. The number of anilines is 1. The van der Waals surface area contributed by atoms with Gasteiger partial charge in [-0.1, -0.05) is 24.3 Å². The number of hydrogen-bond donors (Lipinski definition) is 2. The van der Waals surface area contributed by atoms with Crippen LogP contribution in [0.15, 0.2) is 48.5 Å². The van der Waals surface area contributed by atoms with Crippen LogP contribution in [-0.2, 0) is 11.3 Å². The molecule has 2 aromatic carbocycles. The lowest BCUT2D eigenvalue weighted by Crippen LogP contribution is -2.21. The van der Waals surface area contributed by atoms with Crippen LogP contribution in [0.3, 0.4) is 0 Å². The van der Waals surface area contributed by atoms with Crippen LogP contribution in [0.4, 0.5) is 5.82 Å². The van der Waals surface area contributed by atoms with Gasteiger partial charge in [0.2, 0.25) is 0 Å². The smallest absolute Gasteiger partial charge is 0.260 e. The largest absolute Gasteiger partial charge is 0.496 e. The van der Waals surface area contributed by atoms with E-state index in [9.17, 15) is 4.79 Å². The number of nitrogens with zero attached hydrogens (tertiary/aromatic N) is 2. The SMILES string of the molecule is COc1ccccc1C(=O)Nc1c(-c2nc3ccccc3[nH]2)c(C)c(C)n1C[C@@H]1CCCO1. The number of amides is 1. The number of fused-ring (bicyclic) bond motifs is 1. The molecule has 5 rings (SSSR count). The molecule has 0 radical (unpaired) electrons. The topological polar surface area (TPSA) is 81.2 Å². The molecule has 4 aromatic rings. The van der Waals surface area contributed by atoms with Gasteiger partial charge >= 0.3 is 0 Å². The van der Waals surface area contributed by atoms with Crippen molar-refractivity contribution in [1.82, 2.24) is 14.5 Å². The zero-order chi connectivity index (χ0) is 22.9. The van der Waals surface area contributed by atoms with Gasteiger partial charge in [-0.25, -0.2) is 4.98 Å². The fourth-order valence-electron chi connectivity index (χ4n) is 4.58. The van der Waals surface area contributed by atoms with Crippen molar-refractivity contribution in [3.8, 4) is 17.1 Å². The number of methoxy groups -OCH3 is 1. The van der Waals surface area contributed by atoms with E-state index in [0.717, 1.165) is 58.9 Å². The van der Waals surface area contributed by atoms with Crippen LogP contribution < -0.4 is 10.1 Å². The number of imidazole rings is 1. The van der Waals surface area contributed by atoms with Crippen molar-refractivity contribution < 1.29 is 14.3 Å². The lowest BCUT2D eigenvalue weighted by Gasteiger charge is -2.18. The monoisotopic (exact) mass is 444 g/mol. The van der Waals surface area contributed by atoms with Gasteiger partial charge in [-0.2, -0.15) is 0 Å². The number of aromatic nitrogens is 3. The number of hydrogen-bond acceptors (Lipinski definition) is 4. The predicted molar refractivity (Wildman–Crippen MR) is 129 cm³/mol. The van der Waals surface area contributed by atoms with Crippen LogP contribution in [0.1, 0.15) is 34.5 Å². The molecule has 1 aliphatic heterocycles. The molecule has 2 aromatic heterocycles. The first-order valence-electron chi connectivity index (χ1n) is 11.3. The van der Waals surface area contributed by atoms with Gasteiger partial charge in [0, 0.05) is 12.3 Å². The highest BCUT2D eigenvalue weighted by Crippen LogP contribution is 2.37. The summed E-state index contributed by atoms with van der Waals surface area (Å²) in [6.07, 6.45) is 2.20. The van der Waals surface area contributed by atoms with Crippen molar-refractivity contribution in [2.45, 2.75) is 39.3 Å². The minimum Gasteiger partial charge on any atom is -0.496 e. The van der Waals surface area contributed by atoms with Gasteiger partial charge in [-0.05, 0) is 56.5 Å². The van der Waals surface area contributed by atoms with E-state index in [1.165, 1.54) is 0 Å². The Morgan fingerprint density at radius 1 is 1.21 bits per heavy atom. The second-order valence-electron chi connectivity index (χ2n) is 8.44. The number of ether oxygens (including phenoxy) is 2. The van der Waals surface area contributed by atoms with E-state index in [4.69, 9.17) is 14.5 Å². The number of carbonyl (C=O) groups is 1. The molecule has 0 spiro atoms. The third-order valence-electron chi connectivity index (χ3n) is 6.45. The summed E-state index contributed by atoms with van der Waals surface area (Å²) >= 11 is 0. The van der Waals surface area contributed by atoms with E-state index in [1.54, 1.807) is 19.2 Å². The molecule has 7 nitrogen and oxygen atoms in total. The molecule has 170 valence electrons. The Balaban J connectivity index is 1.62. The Morgan fingerprint density at radius 3 is 2.76 bits per heavy atom. The van der Waals surface area contributed by atoms with Crippen molar-refractivity contribution in [3.05, 3.63) is 65.4 Å². The van der Waals surface area contributed by atoms with Gasteiger partial charge in [0.15, 0.2) is 0 Å². The summed E-state index contributed by atoms with van der Waals surface area (Å²) in [5.41, 5.74) is 5.37. The van der Waals surface area contributed by atoms with Gasteiger partial charge < -0.3 is 24.3 Å². The Labute approximate surface area is 192 Å². The summed E-state index contributed by atoms with van der Waals surface area (Å²) in [7, 11) is 1.57. The average molecular weight is 445 g/mol. The van der Waals surface area contributed by atoms with Crippen molar-refractivity contribution in [3.63, 3.8) is 0 Å². The van der Waals surface area contributed by atoms with Crippen LogP contribution in [0, 0.1) is 13.8 Å². The van der Waals surface area contributed by atoms with E-state index in [0.29, 0.717) is 17.9 Å². The first-order valence-corrected chi connectivity index (χ1v) is 11.3. The molecule has 1 saturated heterocycles. The highest BCUT2D eigenvalue weighted by Gasteiger charge is 2.27. The standard InChI is InChI=1S/C26H28N4O3/c1-16-17(2)30(15-18-9-8-14-33-18)25(29-26(31)19-10-4-7-13-22(19)32-3)23(16)24-27-20-11-5-6-12-21(20)28-24/h4-7,10-13,18H,8-9,14-15H2,1-3H3,(H,27,28)(H,29,31)/t18-/m0/s1. The Kier molecular flexibility index (Phi) is 5.64. The van der Waals surface area contributed by atoms with Crippen molar-refractivity contribution in [2.24, 2.45) is 0 Å². The molecule has 1 aliphatic rings. The van der Waals surface area contributed by atoms with Gasteiger partial charge in [-0.15, -0.1) is 0 Å². The summed E-state index contributed by atoms with van der Waals surface area (Å²) in [6, 6.07) is 15.2. The number of aromatic amines is 1. The molecule has 7 heteroatoms. The maximum Gasteiger partial charge on any atom is 0.260 e. The summed E-state index contributed by atoms with van der Waals surface area (Å²) in [5.74, 6) is 1.76. The van der Waals surface area contributed by atoms with Gasteiger partial charge in [-0.3, -0.25) is 4.79 Å². The molecule has 1 atom stereocenters. The van der Waals surface area contributed by atoms with E-state index in [2.05, 4.69) is 28.7 Å². The normalized spacial score (nSPS) is 15.8. The number of carbonyl (C=O) groups excluding carboxylic acids is 1. The van der Waals surface area contributed by atoms with Gasteiger partial charge in [0.1, 0.15) is 17.4 Å². The molecule has 33 heavy (non-hydrogen) atoms. The second kappa shape index (κ2) is 8.75. The lowest BCUT2D eigenvalue weighted by molar-refractivity contribution is 0.0962. The highest BCUT2D eigenvalue weighted by atomic mass is 16.5. The van der Waals surface area contributed by atoms with Crippen LogP contribution in [0.5, 0.6) is 5.75 Å². The first kappa shape index (κ1) is 21.3. The van der Waals surface area contributed by atoms with Gasteiger partial charge in [0.25, 0.3) is 5.91 Å². The fourth-order valence-corrected chi connectivity index (χ4v) is 4.58. The molecular weight excluding hydrogens is 416 g/mol.